The van der Waals surface area contributed by atoms with E-state index >= 15 is 0 Å². The zero-order chi connectivity index (χ0) is 19.1. The molecule has 0 saturated heterocycles. The molecule has 0 unspecified atom stereocenters. The summed E-state index contributed by atoms with van der Waals surface area (Å²) in [5.74, 6) is -0.238. The maximum atomic E-state index is 12.3. The number of amides is 2. The number of para-hydroxylation sites is 1. The molecule has 0 aliphatic heterocycles. The number of anilines is 1. The molecule has 0 spiro atoms. The molecule has 2 aromatic carbocycles. The van der Waals surface area contributed by atoms with Crippen LogP contribution in [0.4, 0.5) is 5.69 Å². The van der Waals surface area contributed by atoms with Gasteiger partial charge in [0.15, 0.2) is 0 Å². The number of hydrogen-bond donors (Lipinski definition) is 2. The summed E-state index contributed by atoms with van der Waals surface area (Å²) in [6.45, 7) is 6.19. The molecule has 1 atom stereocenters. The van der Waals surface area contributed by atoms with E-state index in [-0.39, 0.29) is 30.9 Å². The summed E-state index contributed by atoms with van der Waals surface area (Å²) in [5.41, 5.74) is 3.94. The summed E-state index contributed by atoms with van der Waals surface area (Å²) in [7, 11) is 1.76. The van der Waals surface area contributed by atoms with Crippen LogP contribution in [-0.4, -0.2) is 36.9 Å². The molecule has 138 valence electrons. The molecular weight excluding hydrogens is 326 g/mol. The quantitative estimate of drug-likeness (QED) is 0.804. The molecule has 26 heavy (non-hydrogen) atoms. The Morgan fingerprint density at radius 3 is 2.12 bits per heavy atom. The van der Waals surface area contributed by atoms with Gasteiger partial charge in [-0.1, -0.05) is 48.5 Å². The number of nitrogens with one attached hydrogen (secondary N) is 2. The van der Waals surface area contributed by atoms with Crippen molar-refractivity contribution in [2.45, 2.75) is 26.8 Å². The molecule has 0 fully saturated rings. The van der Waals surface area contributed by atoms with Gasteiger partial charge in [0.1, 0.15) is 0 Å². The molecule has 2 N–H and O–H groups in total. The second-order valence-corrected chi connectivity index (χ2v) is 6.69. The topological polar surface area (TPSA) is 61.4 Å². The zero-order valence-electron chi connectivity index (χ0n) is 15.9. The number of likely N-dealkylation sites (N-methyl/N-ethyl adjacent to an activating group) is 1. The summed E-state index contributed by atoms with van der Waals surface area (Å²) in [6.07, 6.45) is 0. The average molecular weight is 353 g/mol. The number of carbonyl (C=O) groups is 2. The lowest BCUT2D eigenvalue weighted by Gasteiger charge is -2.19. The van der Waals surface area contributed by atoms with Crippen molar-refractivity contribution in [2.75, 3.05) is 25.5 Å². The van der Waals surface area contributed by atoms with Crippen LogP contribution in [0.25, 0.3) is 0 Å². The van der Waals surface area contributed by atoms with Crippen molar-refractivity contribution in [1.29, 1.82) is 0 Å². The highest BCUT2D eigenvalue weighted by atomic mass is 16.2. The van der Waals surface area contributed by atoms with E-state index < -0.39 is 0 Å². The van der Waals surface area contributed by atoms with Gasteiger partial charge >= 0.3 is 0 Å². The number of benzene rings is 2. The lowest BCUT2D eigenvalue weighted by molar-refractivity contribution is -0.123. The van der Waals surface area contributed by atoms with Crippen molar-refractivity contribution in [3.63, 3.8) is 0 Å². The average Bonchev–Trinajstić information content (AvgIpc) is 2.58. The fourth-order valence-corrected chi connectivity index (χ4v) is 2.85. The lowest BCUT2D eigenvalue weighted by atomic mass is 10.1. The van der Waals surface area contributed by atoms with Crippen LogP contribution in [0.15, 0.2) is 48.5 Å². The Kier molecular flexibility index (Phi) is 6.92. The van der Waals surface area contributed by atoms with Crippen molar-refractivity contribution in [2.24, 2.45) is 0 Å². The minimum Gasteiger partial charge on any atom is -0.348 e. The first-order chi connectivity index (χ1) is 12.4. The number of nitrogens with zero attached hydrogens (tertiary/aromatic N) is 1. The maximum Gasteiger partial charge on any atom is 0.238 e. The van der Waals surface area contributed by atoms with Gasteiger partial charge in [-0.25, -0.2) is 0 Å². The summed E-state index contributed by atoms with van der Waals surface area (Å²) >= 11 is 0. The first-order valence-electron chi connectivity index (χ1n) is 8.75. The zero-order valence-corrected chi connectivity index (χ0v) is 15.9. The molecule has 0 aliphatic rings. The van der Waals surface area contributed by atoms with E-state index in [0.29, 0.717) is 0 Å². The highest BCUT2D eigenvalue weighted by Gasteiger charge is 2.14. The molecule has 0 saturated carbocycles. The SMILES string of the molecule is Cc1cccc(C)c1NC(=O)CN(C)CC(=O)N[C@@H](C)c1ccccc1. The Hall–Kier alpha value is -2.66. The fourth-order valence-electron chi connectivity index (χ4n) is 2.85. The molecule has 2 rings (SSSR count). The predicted molar refractivity (Wildman–Crippen MR) is 105 cm³/mol. The molecule has 0 bridgehead atoms. The third kappa shape index (κ3) is 5.70. The van der Waals surface area contributed by atoms with Gasteiger partial charge in [0.05, 0.1) is 19.1 Å². The van der Waals surface area contributed by atoms with Crippen LogP contribution in [-0.2, 0) is 9.59 Å². The third-order valence-electron chi connectivity index (χ3n) is 4.25. The summed E-state index contributed by atoms with van der Waals surface area (Å²) < 4.78 is 0. The summed E-state index contributed by atoms with van der Waals surface area (Å²) in [5, 5.41) is 5.89. The van der Waals surface area contributed by atoms with Crippen LogP contribution < -0.4 is 10.6 Å². The van der Waals surface area contributed by atoms with Gasteiger partial charge in [0, 0.05) is 5.69 Å². The molecular formula is C21H27N3O2. The number of aryl methyl sites for hydroxylation is 2. The van der Waals surface area contributed by atoms with Crippen LogP contribution in [0.5, 0.6) is 0 Å². The van der Waals surface area contributed by atoms with Crippen LogP contribution in [0.3, 0.4) is 0 Å². The maximum absolute atomic E-state index is 12.3. The van der Waals surface area contributed by atoms with Gasteiger partial charge < -0.3 is 10.6 Å². The molecule has 2 amide bonds. The fraction of sp³-hybridized carbons (Fsp3) is 0.333. The standard InChI is InChI=1S/C21H27N3O2/c1-15-9-8-10-16(2)21(15)23-20(26)14-24(4)13-19(25)22-17(3)18-11-6-5-7-12-18/h5-12,17H,13-14H2,1-4H3,(H,22,25)(H,23,26)/t17-/m0/s1. The second-order valence-electron chi connectivity index (χ2n) is 6.69. The van der Waals surface area contributed by atoms with Crippen molar-refractivity contribution in [1.82, 2.24) is 10.2 Å². The van der Waals surface area contributed by atoms with Gasteiger partial charge in [0.2, 0.25) is 11.8 Å². The highest BCUT2D eigenvalue weighted by Crippen LogP contribution is 2.19. The molecule has 0 heterocycles. The first-order valence-corrected chi connectivity index (χ1v) is 8.75. The van der Waals surface area contributed by atoms with E-state index in [1.165, 1.54) is 0 Å². The molecule has 2 aromatic rings. The monoisotopic (exact) mass is 353 g/mol. The van der Waals surface area contributed by atoms with Crippen molar-refractivity contribution >= 4 is 17.5 Å². The van der Waals surface area contributed by atoms with E-state index in [0.717, 1.165) is 22.4 Å². The Bertz CT molecular complexity index is 739. The van der Waals surface area contributed by atoms with E-state index in [9.17, 15) is 9.59 Å². The minimum absolute atomic E-state index is 0.0689. The molecule has 5 nitrogen and oxygen atoms in total. The summed E-state index contributed by atoms with van der Waals surface area (Å²) in [6, 6.07) is 15.6. The van der Waals surface area contributed by atoms with Crippen LogP contribution in [0.2, 0.25) is 0 Å². The Labute approximate surface area is 155 Å². The Morgan fingerprint density at radius 2 is 1.50 bits per heavy atom. The number of rotatable bonds is 7. The van der Waals surface area contributed by atoms with Gasteiger partial charge in [-0.3, -0.25) is 14.5 Å². The highest BCUT2D eigenvalue weighted by molar-refractivity contribution is 5.94. The van der Waals surface area contributed by atoms with Crippen molar-refractivity contribution in [3.05, 3.63) is 65.2 Å². The van der Waals surface area contributed by atoms with Crippen molar-refractivity contribution < 1.29 is 9.59 Å². The molecule has 0 aliphatic carbocycles. The van der Waals surface area contributed by atoms with Crippen molar-refractivity contribution in [3.8, 4) is 0 Å². The second kappa shape index (κ2) is 9.15. The third-order valence-corrected chi connectivity index (χ3v) is 4.25. The Morgan fingerprint density at radius 1 is 0.923 bits per heavy atom. The first kappa shape index (κ1) is 19.7. The molecule has 0 radical (unpaired) electrons. The van der Waals surface area contributed by atoms with E-state index in [1.807, 2.05) is 69.3 Å². The van der Waals surface area contributed by atoms with Gasteiger partial charge in [-0.2, -0.15) is 0 Å². The van der Waals surface area contributed by atoms with Crippen LogP contribution in [0.1, 0.15) is 29.7 Å². The molecule has 0 aromatic heterocycles. The van der Waals surface area contributed by atoms with Gasteiger partial charge in [-0.05, 0) is 44.5 Å². The van der Waals surface area contributed by atoms with E-state index in [4.69, 9.17) is 0 Å². The van der Waals surface area contributed by atoms with Crippen LogP contribution >= 0.6 is 0 Å². The lowest BCUT2D eigenvalue weighted by Crippen LogP contribution is -2.39. The van der Waals surface area contributed by atoms with E-state index in [2.05, 4.69) is 10.6 Å². The normalized spacial score (nSPS) is 11.9. The minimum atomic E-state index is -0.131. The van der Waals surface area contributed by atoms with Gasteiger partial charge in [-0.15, -0.1) is 0 Å². The largest absolute Gasteiger partial charge is 0.348 e. The Balaban J connectivity index is 1.83. The predicted octanol–water partition coefficient (Wildman–Crippen LogP) is 3.05. The van der Waals surface area contributed by atoms with Gasteiger partial charge in [0.25, 0.3) is 0 Å². The number of carbonyl (C=O) groups excluding carboxylic acids is 2. The smallest absolute Gasteiger partial charge is 0.238 e. The molecule has 5 heteroatoms. The van der Waals surface area contributed by atoms with E-state index in [1.54, 1.807) is 11.9 Å². The summed E-state index contributed by atoms with van der Waals surface area (Å²) in [4.78, 5) is 26.2. The van der Waals surface area contributed by atoms with Crippen LogP contribution in [0, 0.1) is 13.8 Å². The number of hydrogen-bond acceptors (Lipinski definition) is 3.